The van der Waals surface area contributed by atoms with Crippen LogP contribution in [0.25, 0.3) is 0 Å². The van der Waals surface area contributed by atoms with Gasteiger partial charge in [-0.1, -0.05) is 0 Å². The first-order valence-electron chi connectivity index (χ1n) is 9.79. The number of aromatic nitrogens is 1. The van der Waals surface area contributed by atoms with E-state index in [1.165, 1.54) is 24.1 Å². The summed E-state index contributed by atoms with van der Waals surface area (Å²) in [6.45, 7) is 0. The summed E-state index contributed by atoms with van der Waals surface area (Å²) < 4.78 is 55.1. The number of terminal acetylenes is 1. The average Bonchev–Trinajstić information content (AvgIpc) is 2.98. The molecule has 1 aromatic carbocycles. The Morgan fingerprint density at radius 2 is 1.97 bits per heavy atom. The fraction of sp³-hybridized carbons (Fsp3) is 0.273. The molecule has 1 saturated carbocycles. The highest BCUT2D eigenvalue weighted by Crippen LogP contribution is 2.48. The molecule has 0 unspecified atom stereocenters. The molecule has 2 fully saturated rings. The van der Waals surface area contributed by atoms with Gasteiger partial charge in [-0.3, -0.25) is 14.5 Å². The zero-order valence-electron chi connectivity index (χ0n) is 17.2. The lowest BCUT2D eigenvalue weighted by molar-refractivity contribution is -0.138. The highest BCUT2D eigenvalue weighted by atomic mass is 32.1. The van der Waals surface area contributed by atoms with E-state index in [4.69, 9.17) is 18.6 Å². The van der Waals surface area contributed by atoms with Crippen LogP contribution in [0.15, 0.2) is 30.5 Å². The fourth-order valence-corrected chi connectivity index (χ4v) is 4.55. The topological polar surface area (TPSA) is 65.5 Å². The van der Waals surface area contributed by atoms with Crippen LogP contribution in [0.4, 0.5) is 28.9 Å². The van der Waals surface area contributed by atoms with Crippen molar-refractivity contribution in [2.45, 2.75) is 31.0 Å². The number of halogens is 4. The third-order valence-corrected chi connectivity index (χ3v) is 6.21. The maximum Gasteiger partial charge on any atom is 0.419 e. The first kappa shape index (κ1) is 22.7. The number of carbonyl (C=O) groups is 2. The molecule has 0 atom stereocenters. The highest BCUT2D eigenvalue weighted by molar-refractivity contribution is 7.81. The standard InChI is InChI=1S/C22H16F4N4O2S/c1-3-17-15(22(24,25)26)9-13(11-28-17)29-19(32)21(7-4-8-21)30(20(29)33)12-5-6-14(16(23)10-12)18(31)27-2/h1,5-6,9-11H,4,7-8H2,2H3,(H,27,31). The van der Waals surface area contributed by atoms with Crippen LogP contribution in [-0.4, -0.2) is 34.5 Å². The van der Waals surface area contributed by atoms with Crippen molar-refractivity contribution in [2.75, 3.05) is 16.8 Å². The third kappa shape index (κ3) is 3.41. The number of anilines is 2. The number of nitrogens with one attached hydrogen (secondary N) is 1. The lowest BCUT2D eigenvalue weighted by Gasteiger charge is -2.43. The summed E-state index contributed by atoms with van der Waals surface area (Å²) in [6, 6.07) is 4.51. The van der Waals surface area contributed by atoms with E-state index in [-0.39, 0.29) is 22.1 Å². The molecule has 2 aliphatic rings. The van der Waals surface area contributed by atoms with Gasteiger partial charge in [0.1, 0.15) is 17.1 Å². The second-order valence-electron chi connectivity index (χ2n) is 7.62. The monoisotopic (exact) mass is 476 g/mol. The summed E-state index contributed by atoms with van der Waals surface area (Å²) in [6.07, 6.45) is 2.85. The molecule has 2 aromatic rings. The second-order valence-corrected chi connectivity index (χ2v) is 7.98. The van der Waals surface area contributed by atoms with Gasteiger partial charge in [-0.05, 0) is 61.7 Å². The summed E-state index contributed by atoms with van der Waals surface area (Å²) in [5, 5.41) is 2.21. The molecule has 170 valence electrons. The van der Waals surface area contributed by atoms with Crippen molar-refractivity contribution in [1.29, 1.82) is 0 Å². The molecule has 11 heteroatoms. The first-order valence-corrected chi connectivity index (χ1v) is 10.2. The van der Waals surface area contributed by atoms with Crippen LogP contribution in [0.3, 0.4) is 0 Å². The van der Waals surface area contributed by atoms with Crippen LogP contribution in [0.1, 0.15) is 40.9 Å². The number of benzene rings is 1. The summed E-state index contributed by atoms with van der Waals surface area (Å²) >= 11 is 5.48. The Kier molecular flexibility index (Phi) is 5.36. The van der Waals surface area contributed by atoms with Crippen molar-refractivity contribution in [2.24, 2.45) is 0 Å². The molecule has 2 amide bonds. The van der Waals surface area contributed by atoms with Gasteiger partial charge < -0.3 is 10.2 Å². The van der Waals surface area contributed by atoms with Gasteiger partial charge in [0.2, 0.25) is 0 Å². The van der Waals surface area contributed by atoms with E-state index in [1.54, 1.807) is 0 Å². The SMILES string of the molecule is C#Cc1ncc(N2C(=O)C3(CCC3)N(c3ccc(C(=O)NC)c(F)c3)C2=S)cc1C(F)(F)F. The van der Waals surface area contributed by atoms with Crippen LogP contribution in [-0.2, 0) is 11.0 Å². The predicted molar refractivity (Wildman–Crippen MR) is 116 cm³/mol. The van der Waals surface area contributed by atoms with E-state index in [2.05, 4.69) is 10.3 Å². The van der Waals surface area contributed by atoms with Crippen LogP contribution < -0.4 is 15.1 Å². The molecular weight excluding hydrogens is 460 g/mol. The fourth-order valence-electron chi connectivity index (χ4n) is 4.08. The molecule has 1 saturated heterocycles. The minimum absolute atomic E-state index is 0.116. The molecule has 6 nitrogen and oxygen atoms in total. The number of alkyl halides is 3. The zero-order chi connectivity index (χ0) is 24.1. The van der Waals surface area contributed by atoms with Gasteiger partial charge >= 0.3 is 6.18 Å². The Hall–Kier alpha value is -3.52. The van der Waals surface area contributed by atoms with Crippen molar-refractivity contribution in [3.05, 3.63) is 53.1 Å². The lowest BCUT2D eigenvalue weighted by Crippen LogP contribution is -2.55. The van der Waals surface area contributed by atoms with Crippen molar-refractivity contribution in [1.82, 2.24) is 10.3 Å². The number of hydrogen-bond donors (Lipinski definition) is 1. The van der Waals surface area contributed by atoms with Gasteiger partial charge in [0.25, 0.3) is 11.8 Å². The number of thiocarbonyl (C=S) groups is 1. The molecule has 1 aromatic heterocycles. The largest absolute Gasteiger partial charge is 0.419 e. The Morgan fingerprint density at radius 1 is 1.27 bits per heavy atom. The number of hydrogen-bond acceptors (Lipinski definition) is 4. The number of rotatable bonds is 3. The van der Waals surface area contributed by atoms with E-state index < -0.39 is 40.6 Å². The molecule has 33 heavy (non-hydrogen) atoms. The number of amides is 2. The minimum atomic E-state index is -4.79. The van der Waals surface area contributed by atoms with E-state index in [0.29, 0.717) is 19.3 Å². The van der Waals surface area contributed by atoms with Crippen molar-refractivity contribution >= 4 is 40.5 Å². The van der Waals surface area contributed by atoms with Gasteiger partial charge in [-0.15, -0.1) is 6.42 Å². The molecular formula is C22H16F4N4O2S. The van der Waals surface area contributed by atoms with Crippen LogP contribution >= 0.6 is 12.2 Å². The molecule has 1 aliphatic carbocycles. The molecule has 1 aliphatic heterocycles. The molecule has 2 heterocycles. The Bertz CT molecular complexity index is 1230. The van der Waals surface area contributed by atoms with Gasteiger partial charge in [-0.2, -0.15) is 13.2 Å². The minimum Gasteiger partial charge on any atom is -0.355 e. The Balaban J connectivity index is 1.80. The average molecular weight is 476 g/mol. The maximum absolute atomic E-state index is 14.6. The quantitative estimate of drug-likeness (QED) is 0.416. The van der Waals surface area contributed by atoms with Gasteiger partial charge in [0, 0.05) is 12.7 Å². The maximum atomic E-state index is 14.6. The Morgan fingerprint density at radius 3 is 2.48 bits per heavy atom. The van der Waals surface area contributed by atoms with Crippen molar-refractivity contribution in [3.63, 3.8) is 0 Å². The summed E-state index contributed by atoms with van der Waals surface area (Å²) in [7, 11) is 1.36. The van der Waals surface area contributed by atoms with Gasteiger partial charge in [0.05, 0.1) is 23.0 Å². The Labute approximate surface area is 191 Å². The molecule has 0 radical (unpaired) electrons. The van der Waals surface area contributed by atoms with Crippen LogP contribution in [0.5, 0.6) is 0 Å². The number of pyridine rings is 1. The van der Waals surface area contributed by atoms with Crippen LogP contribution in [0.2, 0.25) is 0 Å². The van der Waals surface area contributed by atoms with Gasteiger partial charge in [-0.25, -0.2) is 9.37 Å². The number of carbonyl (C=O) groups excluding carboxylic acids is 2. The molecule has 0 bridgehead atoms. The van der Waals surface area contributed by atoms with E-state index >= 15 is 0 Å². The van der Waals surface area contributed by atoms with Gasteiger partial charge in [0.15, 0.2) is 5.11 Å². The molecule has 1 N–H and O–H groups in total. The predicted octanol–water partition coefficient (Wildman–Crippen LogP) is 3.64. The molecule has 1 spiro atoms. The zero-order valence-corrected chi connectivity index (χ0v) is 18.0. The summed E-state index contributed by atoms with van der Waals surface area (Å²) in [4.78, 5) is 31.3. The highest BCUT2D eigenvalue weighted by Gasteiger charge is 2.59. The number of nitrogens with zero attached hydrogens (tertiary/aromatic N) is 3. The smallest absolute Gasteiger partial charge is 0.355 e. The summed E-state index contributed by atoms with van der Waals surface area (Å²) in [5.41, 5.74) is -3.09. The lowest BCUT2D eigenvalue weighted by atomic mass is 9.75. The third-order valence-electron chi connectivity index (χ3n) is 5.85. The van der Waals surface area contributed by atoms with E-state index in [9.17, 15) is 27.2 Å². The second kappa shape index (κ2) is 7.81. The molecule has 4 rings (SSSR count). The van der Waals surface area contributed by atoms with Crippen LogP contribution in [0, 0.1) is 18.2 Å². The van der Waals surface area contributed by atoms with E-state index in [1.807, 2.05) is 5.92 Å². The van der Waals surface area contributed by atoms with Crippen molar-refractivity contribution in [3.8, 4) is 12.3 Å². The summed E-state index contributed by atoms with van der Waals surface area (Å²) in [5.74, 6) is -0.0919. The first-order chi connectivity index (χ1) is 15.5. The normalized spacial score (nSPS) is 17.2. The van der Waals surface area contributed by atoms with Crippen molar-refractivity contribution < 1.29 is 27.2 Å². The van der Waals surface area contributed by atoms with E-state index in [0.717, 1.165) is 23.2 Å².